The van der Waals surface area contributed by atoms with Gasteiger partial charge in [0.1, 0.15) is 6.04 Å². The minimum atomic E-state index is -0.559. The van der Waals surface area contributed by atoms with Crippen LogP contribution in [0.25, 0.3) is 0 Å². The molecule has 3 N–H and O–H groups in total. The van der Waals surface area contributed by atoms with Gasteiger partial charge in [0.15, 0.2) is 0 Å². The van der Waals surface area contributed by atoms with E-state index in [1.165, 1.54) is 0 Å². The second-order valence-corrected chi connectivity index (χ2v) is 4.86. The van der Waals surface area contributed by atoms with Crippen LogP contribution in [0.15, 0.2) is 30.3 Å². The minimum absolute atomic E-state index is 0.0969. The van der Waals surface area contributed by atoms with Gasteiger partial charge in [-0.2, -0.15) is 11.8 Å². The molecule has 0 aliphatic rings. The predicted molar refractivity (Wildman–Crippen MR) is 74.0 cm³/mol. The first-order chi connectivity index (χ1) is 8.25. The highest BCUT2D eigenvalue weighted by atomic mass is 32.2. The molecule has 3 nitrogen and oxygen atoms in total. The standard InChI is InChI=1S/C13H20N2OS/c1-17-10-6-5-9-15-13(16)12(14)11-7-3-2-4-8-11/h2-4,7-8,12H,5-6,9-10,14H2,1H3,(H,15,16)/t12-/m1/s1. The zero-order chi connectivity index (χ0) is 12.5. The average Bonchev–Trinajstić information content (AvgIpc) is 2.38. The summed E-state index contributed by atoms with van der Waals surface area (Å²) in [7, 11) is 0. The van der Waals surface area contributed by atoms with Crippen LogP contribution in [-0.4, -0.2) is 24.5 Å². The molecule has 4 heteroatoms. The second kappa shape index (κ2) is 8.14. The van der Waals surface area contributed by atoms with Gasteiger partial charge in [0.05, 0.1) is 0 Å². The van der Waals surface area contributed by atoms with Crippen molar-refractivity contribution in [1.82, 2.24) is 5.32 Å². The van der Waals surface area contributed by atoms with E-state index in [4.69, 9.17) is 5.73 Å². The lowest BCUT2D eigenvalue weighted by molar-refractivity contribution is -0.122. The van der Waals surface area contributed by atoms with Gasteiger partial charge in [-0.25, -0.2) is 0 Å². The van der Waals surface area contributed by atoms with E-state index >= 15 is 0 Å². The quantitative estimate of drug-likeness (QED) is 0.729. The van der Waals surface area contributed by atoms with E-state index < -0.39 is 6.04 Å². The molecule has 0 radical (unpaired) electrons. The number of benzene rings is 1. The fraction of sp³-hybridized carbons (Fsp3) is 0.462. The first-order valence-corrected chi connectivity index (χ1v) is 7.22. The fourth-order valence-corrected chi connectivity index (χ4v) is 2.00. The van der Waals surface area contributed by atoms with Crippen molar-refractivity contribution in [2.75, 3.05) is 18.6 Å². The van der Waals surface area contributed by atoms with Crippen LogP contribution in [0.1, 0.15) is 24.4 Å². The van der Waals surface area contributed by atoms with Crippen LogP contribution in [0.4, 0.5) is 0 Å². The molecule has 0 spiro atoms. The highest BCUT2D eigenvalue weighted by Gasteiger charge is 2.14. The molecule has 0 bridgehead atoms. The first kappa shape index (κ1) is 14.1. The lowest BCUT2D eigenvalue weighted by Gasteiger charge is -2.12. The Bertz CT molecular complexity index is 329. The molecule has 0 unspecified atom stereocenters. The second-order valence-electron chi connectivity index (χ2n) is 3.88. The molecular formula is C13H20N2OS. The van der Waals surface area contributed by atoms with Crippen molar-refractivity contribution < 1.29 is 4.79 Å². The summed E-state index contributed by atoms with van der Waals surface area (Å²) in [4.78, 5) is 11.7. The van der Waals surface area contributed by atoms with E-state index in [0.29, 0.717) is 6.54 Å². The molecule has 1 aromatic rings. The molecule has 0 aromatic heterocycles. The first-order valence-electron chi connectivity index (χ1n) is 5.83. The van der Waals surface area contributed by atoms with E-state index in [2.05, 4.69) is 11.6 Å². The number of nitrogens with two attached hydrogens (primary N) is 1. The van der Waals surface area contributed by atoms with Crippen molar-refractivity contribution >= 4 is 17.7 Å². The van der Waals surface area contributed by atoms with Crippen LogP contribution < -0.4 is 11.1 Å². The number of hydrogen-bond acceptors (Lipinski definition) is 3. The summed E-state index contributed by atoms with van der Waals surface area (Å²) in [6.45, 7) is 0.708. The normalized spacial score (nSPS) is 12.1. The van der Waals surface area contributed by atoms with Crippen LogP contribution in [0.3, 0.4) is 0 Å². The highest BCUT2D eigenvalue weighted by Crippen LogP contribution is 2.09. The fourth-order valence-electron chi connectivity index (χ4n) is 1.50. The summed E-state index contributed by atoms with van der Waals surface area (Å²) >= 11 is 1.83. The molecular weight excluding hydrogens is 232 g/mol. The highest BCUT2D eigenvalue weighted by molar-refractivity contribution is 7.98. The summed E-state index contributed by atoms with van der Waals surface area (Å²) in [6.07, 6.45) is 4.22. The van der Waals surface area contributed by atoms with Gasteiger partial charge in [0, 0.05) is 6.54 Å². The number of hydrogen-bond donors (Lipinski definition) is 2. The van der Waals surface area contributed by atoms with E-state index in [1.807, 2.05) is 42.1 Å². The molecule has 0 aliphatic carbocycles. The Morgan fingerprint density at radius 1 is 1.35 bits per heavy atom. The van der Waals surface area contributed by atoms with Gasteiger partial charge in [-0.05, 0) is 30.4 Å². The maximum atomic E-state index is 11.7. The van der Waals surface area contributed by atoms with Crippen molar-refractivity contribution in [3.63, 3.8) is 0 Å². The topological polar surface area (TPSA) is 55.1 Å². The molecule has 0 heterocycles. The Morgan fingerprint density at radius 3 is 2.71 bits per heavy atom. The number of carbonyl (C=O) groups is 1. The Kier molecular flexibility index (Phi) is 6.74. The molecule has 0 aliphatic heterocycles. The molecule has 0 saturated carbocycles. The maximum absolute atomic E-state index is 11.7. The average molecular weight is 252 g/mol. The van der Waals surface area contributed by atoms with Gasteiger partial charge < -0.3 is 11.1 Å². The molecule has 1 rings (SSSR count). The number of rotatable bonds is 7. The van der Waals surface area contributed by atoms with Gasteiger partial charge in [-0.3, -0.25) is 4.79 Å². The van der Waals surface area contributed by atoms with Crippen molar-refractivity contribution in [2.45, 2.75) is 18.9 Å². The van der Waals surface area contributed by atoms with Gasteiger partial charge >= 0.3 is 0 Å². The number of thioether (sulfide) groups is 1. The summed E-state index contributed by atoms with van der Waals surface area (Å²) in [5, 5.41) is 2.87. The monoisotopic (exact) mass is 252 g/mol. The lowest BCUT2D eigenvalue weighted by atomic mass is 10.1. The Hall–Kier alpha value is -1.00. The molecule has 1 atom stereocenters. The van der Waals surface area contributed by atoms with Crippen LogP contribution in [0, 0.1) is 0 Å². The number of nitrogens with one attached hydrogen (secondary N) is 1. The Labute approximate surface area is 107 Å². The molecule has 17 heavy (non-hydrogen) atoms. The van der Waals surface area contributed by atoms with Gasteiger partial charge in [-0.15, -0.1) is 0 Å². The molecule has 0 saturated heterocycles. The summed E-state index contributed by atoms with van der Waals surface area (Å²) in [5.74, 6) is 1.04. The summed E-state index contributed by atoms with van der Waals surface area (Å²) in [5.41, 5.74) is 6.72. The van der Waals surface area contributed by atoms with Crippen LogP contribution >= 0.6 is 11.8 Å². The molecule has 1 aromatic carbocycles. The Morgan fingerprint density at radius 2 is 2.06 bits per heavy atom. The zero-order valence-electron chi connectivity index (χ0n) is 10.2. The Balaban J connectivity index is 2.28. The predicted octanol–water partition coefficient (Wildman–Crippen LogP) is 1.95. The summed E-state index contributed by atoms with van der Waals surface area (Å²) in [6, 6.07) is 8.88. The SMILES string of the molecule is CSCCCCNC(=O)[C@H](N)c1ccccc1. The van der Waals surface area contributed by atoms with Crippen molar-refractivity contribution in [1.29, 1.82) is 0 Å². The van der Waals surface area contributed by atoms with E-state index in [9.17, 15) is 4.79 Å². The smallest absolute Gasteiger partial charge is 0.241 e. The van der Waals surface area contributed by atoms with E-state index in [-0.39, 0.29) is 5.91 Å². The molecule has 1 amide bonds. The minimum Gasteiger partial charge on any atom is -0.354 e. The van der Waals surface area contributed by atoms with Gasteiger partial charge in [0.2, 0.25) is 5.91 Å². The number of unbranched alkanes of at least 4 members (excludes halogenated alkanes) is 1. The largest absolute Gasteiger partial charge is 0.354 e. The van der Waals surface area contributed by atoms with Crippen LogP contribution in [0.5, 0.6) is 0 Å². The maximum Gasteiger partial charge on any atom is 0.241 e. The lowest BCUT2D eigenvalue weighted by Crippen LogP contribution is -2.34. The van der Waals surface area contributed by atoms with Crippen molar-refractivity contribution in [3.8, 4) is 0 Å². The van der Waals surface area contributed by atoms with E-state index in [0.717, 1.165) is 24.2 Å². The van der Waals surface area contributed by atoms with Crippen LogP contribution in [-0.2, 0) is 4.79 Å². The molecule has 94 valence electrons. The third kappa shape index (κ3) is 5.24. The third-order valence-electron chi connectivity index (χ3n) is 2.52. The van der Waals surface area contributed by atoms with Crippen molar-refractivity contribution in [2.24, 2.45) is 5.73 Å². The third-order valence-corrected chi connectivity index (χ3v) is 3.21. The van der Waals surface area contributed by atoms with Crippen LogP contribution in [0.2, 0.25) is 0 Å². The van der Waals surface area contributed by atoms with Crippen molar-refractivity contribution in [3.05, 3.63) is 35.9 Å². The zero-order valence-corrected chi connectivity index (χ0v) is 11.0. The number of carbonyl (C=O) groups excluding carboxylic acids is 1. The van der Waals surface area contributed by atoms with Gasteiger partial charge in [-0.1, -0.05) is 30.3 Å². The van der Waals surface area contributed by atoms with E-state index in [1.54, 1.807) is 0 Å². The summed E-state index contributed by atoms with van der Waals surface area (Å²) < 4.78 is 0. The number of amides is 1. The molecule has 0 fully saturated rings. The van der Waals surface area contributed by atoms with Gasteiger partial charge in [0.25, 0.3) is 0 Å².